The average Bonchev–Trinajstić information content (AvgIpc) is 2.16. The molecule has 78 valence electrons. The molecule has 1 aliphatic heterocycles. The first-order valence-corrected chi connectivity index (χ1v) is 5.18. The predicted molar refractivity (Wildman–Crippen MR) is 52.5 cm³/mol. The summed E-state index contributed by atoms with van der Waals surface area (Å²) in [7, 11) is 0. The van der Waals surface area contributed by atoms with Gasteiger partial charge in [0.25, 0.3) is 0 Å². The molecule has 0 radical (unpaired) electrons. The first kappa shape index (κ1) is 11.0. The maximum atomic E-state index is 10.7. The SMILES string of the molecule is CCCCCC/C=C/C1C(=O)OC1=O. The van der Waals surface area contributed by atoms with E-state index in [-0.39, 0.29) is 0 Å². The summed E-state index contributed by atoms with van der Waals surface area (Å²) in [4.78, 5) is 21.4. The molecule has 1 rings (SSSR count). The third-order valence-corrected chi connectivity index (χ3v) is 2.26. The molecule has 1 aliphatic rings. The minimum Gasteiger partial charge on any atom is -0.391 e. The van der Waals surface area contributed by atoms with Crippen LogP contribution in [0.2, 0.25) is 0 Å². The molecule has 0 unspecified atom stereocenters. The Hall–Kier alpha value is -1.12. The van der Waals surface area contributed by atoms with E-state index in [4.69, 9.17) is 0 Å². The monoisotopic (exact) mass is 196 g/mol. The van der Waals surface area contributed by atoms with Gasteiger partial charge in [0.1, 0.15) is 0 Å². The van der Waals surface area contributed by atoms with Crippen LogP contribution >= 0.6 is 0 Å². The van der Waals surface area contributed by atoms with Crippen LogP contribution in [0.4, 0.5) is 0 Å². The number of ether oxygens (including phenoxy) is 1. The normalized spacial score (nSPS) is 17.2. The van der Waals surface area contributed by atoms with E-state index >= 15 is 0 Å². The molecule has 0 aromatic carbocycles. The van der Waals surface area contributed by atoms with Gasteiger partial charge in [-0.15, -0.1) is 0 Å². The molecule has 3 nitrogen and oxygen atoms in total. The van der Waals surface area contributed by atoms with Gasteiger partial charge >= 0.3 is 11.9 Å². The smallest absolute Gasteiger partial charge is 0.331 e. The highest BCUT2D eigenvalue weighted by Crippen LogP contribution is 2.16. The van der Waals surface area contributed by atoms with Crippen LogP contribution in [-0.2, 0) is 14.3 Å². The summed E-state index contributed by atoms with van der Waals surface area (Å²) in [6.07, 6.45) is 9.30. The largest absolute Gasteiger partial charge is 0.391 e. The van der Waals surface area contributed by atoms with Crippen LogP contribution in [0.3, 0.4) is 0 Å². The molecule has 1 saturated heterocycles. The van der Waals surface area contributed by atoms with Crippen molar-refractivity contribution in [2.75, 3.05) is 0 Å². The van der Waals surface area contributed by atoms with Gasteiger partial charge in [0, 0.05) is 0 Å². The van der Waals surface area contributed by atoms with Crippen molar-refractivity contribution in [2.45, 2.75) is 39.0 Å². The third-order valence-electron chi connectivity index (χ3n) is 2.26. The van der Waals surface area contributed by atoms with Crippen LogP contribution < -0.4 is 0 Å². The van der Waals surface area contributed by atoms with Gasteiger partial charge in [-0.25, -0.2) is 0 Å². The zero-order valence-electron chi connectivity index (χ0n) is 8.49. The zero-order chi connectivity index (χ0) is 10.4. The van der Waals surface area contributed by atoms with E-state index in [1.165, 1.54) is 19.3 Å². The molecule has 1 fully saturated rings. The summed E-state index contributed by atoms with van der Waals surface area (Å²) in [5, 5.41) is 0. The summed E-state index contributed by atoms with van der Waals surface area (Å²) in [6.45, 7) is 2.17. The highest BCUT2D eigenvalue weighted by atomic mass is 16.6. The summed E-state index contributed by atoms with van der Waals surface area (Å²) >= 11 is 0. The molecule has 3 heteroatoms. The second-order valence-electron chi connectivity index (χ2n) is 3.50. The number of rotatable bonds is 6. The Bertz CT molecular complexity index is 229. The van der Waals surface area contributed by atoms with Crippen LogP contribution in [0.15, 0.2) is 12.2 Å². The molecule has 14 heavy (non-hydrogen) atoms. The fraction of sp³-hybridized carbons (Fsp3) is 0.636. The molecule has 0 spiro atoms. The van der Waals surface area contributed by atoms with Gasteiger partial charge in [0.05, 0.1) is 0 Å². The van der Waals surface area contributed by atoms with E-state index in [1.54, 1.807) is 6.08 Å². The molecule has 0 N–H and O–H groups in total. The van der Waals surface area contributed by atoms with Gasteiger partial charge in [0.15, 0.2) is 5.92 Å². The Balaban J connectivity index is 2.08. The van der Waals surface area contributed by atoms with Crippen molar-refractivity contribution in [3.63, 3.8) is 0 Å². The fourth-order valence-corrected chi connectivity index (χ4v) is 1.34. The zero-order valence-corrected chi connectivity index (χ0v) is 8.49. The molecule has 0 atom stereocenters. The van der Waals surface area contributed by atoms with Crippen LogP contribution in [-0.4, -0.2) is 11.9 Å². The number of cyclic esters (lactones) is 2. The number of carbonyl (C=O) groups excluding carboxylic acids is 2. The van der Waals surface area contributed by atoms with E-state index in [9.17, 15) is 9.59 Å². The van der Waals surface area contributed by atoms with Crippen LogP contribution in [0.1, 0.15) is 39.0 Å². The van der Waals surface area contributed by atoms with E-state index in [2.05, 4.69) is 11.7 Å². The van der Waals surface area contributed by atoms with Crippen molar-refractivity contribution in [1.82, 2.24) is 0 Å². The van der Waals surface area contributed by atoms with E-state index in [0.29, 0.717) is 0 Å². The van der Waals surface area contributed by atoms with Gasteiger partial charge in [-0.1, -0.05) is 38.3 Å². The Morgan fingerprint density at radius 3 is 2.50 bits per heavy atom. The number of hydrogen-bond donors (Lipinski definition) is 0. The summed E-state index contributed by atoms with van der Waals surface area (Å²) in [5.41, 5.74) is 0. The van der Waals surface area contributed by atoms with E-state index in [1.807, 2.05) is 6.08 Å². The number of hydrogen-bond acceptors (Lipinski definition) is 3. The lowest BCUT2D eigenvalue weighted by atomic mass is 10.0. The lowest BCUT2D eigenvalue weighted by Crippen LogP contribution is -2.39. The molecule has 0 aromatic heterocycles. The second kappa shape index (κ2) is 5.58. The quantitative estimate of drug-likeness (QED) is 0.283. The van der Waals surface area contributed by atoms with Gasteiger partial charge in [0.2, 0.25) is 0 Å². The summed E-state index contributed by atoms with van der Waals surface area (Å²) < 4.78 is 4.22. The molecular formula is C11H16O3. The first-order chi connectivity index (χ1) is 6.75. The van der Waals surface area contributed by atoms with Crippen LogP contribution in [0.5, 0.6) is 0 Å². The van der Waals surface area contributed by atoms with Crippen molar-refractivity contribution >= 4 is 11.9 Å². The van der Waals surface area contributed by atoms with E-state index in [0.717, 1.165) is 12.8 Å². The fourth-order valence-electron chi connectivity index (χ4n) is 1.34. The van der Waals surface area contributed by atoms with Crippen molar-refractivity contribution in [2.24, 2.45) is 5.92 Å². The highest BCUT2D eigenvalue weighted by Gasteiger charge is 2.39. The lowest BCUT2D eigenvalue weighted by molar-refractivity contribution is -0.180. The van der Waals surface area contributed by atoms with Crippen molar-refractivity contribution in [3.05, 3.63) is 12.2 Å². The number of allylic oxidation sites excluding steroid dienone is 1. The van der Waals surface area contributed by atoms with Gasteiger partial charge < -0.3 is 4.74 Å². The standard InChI is InChI=1S/C11H16O3/c1-2-3-4-5-6-7-8-9-10(12)14-11(9)13/h7-9H,2-6H2,1H3/b8-7+. The van der Waals surface area contributed by atoms with E-state index < -0.39 is 17.9 Å². The Kier molecular flexibility index (Phi) is 4.36. The molecule has 0 amide bonds. The second-order valence-corrected chi connectivity index (χ2v) is 3.50. The topological polar surface area (TPSA) is 43.4 Å². The molecule has 0 aromatic rings. The predicted octanol–water partition coefficient (Wildman–Crippen LogP) is 2.21. The number of esters is 2. The Morgan fingerprint density at radius 1 is 1.21 bits per heavy atom. The molecule has 1 heterocycles. The minimum absolute atomic E-state index is 0.417. The number of carbonyl (C=O) groups is 2. The Labute approximate surface area is 84.1 Å². The van der Waals surface area contributed by atoms with Crippen molar-refractivity contribution < 1.29 is 14.3 Å². The third kappa shape index (κ3) is 2.98. The van der Waals surface area contributed by atoms with Gasteiger partial charge in [-0.2, -0.15) is 0 Å². The van der Waals surface area contributed by atoms with Gasteiger partial charge in [-0.3, -0.25) is 9.59 Å². The minimum atomic E-state index is -0.610. The number of unbranched alkanes of at least 4 members (excludes halogenated alkanes) is 4. The van der Waals surface area contributed by atoms with Crippen molar-refractivity contribution in [1.29, 1.82) is 0 Å². The molecule has 0 saturated carbocycles. The molecular weight excluding hydrogens is 180 g/mol. The first-order valence-electron chi connectivity index (χ1n) is 5.18. The summed E-state index contributed by atoms with van der Waals surface area (Å²) in [5.74, 6) is -1.44. The van der Waals surface area contributed by atoms with Crippen LogP contribution in [0.25, 0.3) is 0 Å². The summed E-state index contributed by atoms with van der Waals surface area (Å²) in [6, 6.07) is 0. The van der Waals surface area contributed by atoms with Crippen LogP contribution in [0, 0.1) is 5.92 Å². The van der Waals surface area contributed by atoms with Crippen molar-refractivity contribution in [3.8, 4) is 0 Å². The molecule has 0 aliphatic carbocycles. The van der Waals surface area contributed by atoms with Gasteiger partial charge in [-0.05, 0) is 12.8 Å². The maximum absolute atomic E-state index is 10.7. The lowest BCUT2D eigenvalue weighted by Gasteiger charge is -2.17. The maximum Gasteiger partial charge on any atom is 0.331 e. The Morgan fingerprint density at radius 2 is 1.93 bits per heavy atom. The molecule has 0 bridgehead atoms. The average molecular weight is 196 g/mol. The highest BCUT2D eigenvalue weighted by molar-refractivity contribution is 6.11.